The molecule has 124 valence electrons. The van der Waals surface area contributed by atoms with Gasteiger partial charge in [0.05, 0.1) is 13.2 Å². The molecule has 0 bridgehead atoms. The summed E-state index contributed by atoms with van der Waals surface area (Å²) in [5, 5.41) is 2.70. The molecular formula is C15H24N2O4S. The van der Waals surface area contributed by atoms with E-state index in [0.717, 1.165) is 5.56 Å². The Kier molecular flexibility index (Phi) is 6.37. The van der Waals surface area contributed by atoms with E-state index in [9.17, 15) is 13.2 Å². The third-order valence-corrected chi connectivity index (χ3v) is 4.58. The van der Waals surface area contributed by atoms with Crippen molar-refractivity contribution in [2.45, 2.75) is 38.6 Å². The fourth-order valence-corrected chi connectivity index (χ4v) is 3.26. The second-order valence-corrected chi connectivity index (χ2v) is 7.32. The molecule has 0 fully saturated rings. The van der Waals surface area contributed by atoms with Gasteiger partial charge in [0.1, 0.15) is 10.6 Å². The monoisotopic (exact) mass is 328 g/mol. The number of nitrogens with one attached hydrogen (secondary N) is 2. The maximum Gasteiger partial charge on any atom is 0.244 e. The molecule has 0 spiro atoms. The molecule has 0 saturated heterocycles. The highest BCUT2D eigenvalue weighted by molar-refractivity contribution is 7.89. The molecule has 1 rings (SSSR count). The number of sulfonamides is 1. The van der Waals surface area contributed by atoms with Crippen molar-refractivity contribution in [2.75, 3.05) is 13.7 Å². The van der Waals surface area contributed by atoms with Gasteiger partial charge >= 0.3 is 0 Å². The summed E-state index contributed by atoms with van der Waals surface area (Å²) in [6, 6.07) is 4.00. The van der Waals surface area contributed by atoms with Gasteiger partial charge in [-0.15, -0.1) is 0 Å². The van der Waals surface area contributed by atoms with Gasteiger partial charge in [-0.1, -0.05) is 19.9 Å². The Balaban J connectivity index is 2.92. The minimum Gasteiger partial charge on any atom is -0.495 e. The summed E-state index contributed by atoms with van der Waals surface area (Å²) >= 11 is 0. The lowest BCUT2D eigenvalue weighted by Gasteiger charge is -2.17. The van der Waals surface area contributed by atoms with Gasteiger partial charge in [-0.2, -0.15) is 4.72 Å². The third-order valence-electron chi connectivity index (χ3n) is 3.02. The Labute approximate surface area is 132 Å². The smallest absolute Gasteiger partial charge is 0.244 e. The average molecular weight is 328 g/mol. The van der Waals surface area contributed by atoms with Crippen LogP contribution >= 0.6 is 0 Å². The molecule has 1 aromatic carbocycles. The van der Waals surface area contributed by atoms with E-state index in [1.165, 1.54) is 20.1 Å². The van der Waals surface area contributed by atoms with E-state index in [4.69, 9.17) is 4.74 Å². The molecule has 1 amide bonds. The van der Waals surface area contributed by atoms with Crippen molar-refractivity contribution < 1.29 is 17.9 Å². The molecule has 1 atom stereocenters. The second-order valence-electron chi connectivity index (χ2n) is 5.64. The van der Waals surface area contributed by atoms with E-state index in [-0.39, 0.29) is 16.6 Å². The minimum absolute atomic E-state index is 0.0264. The molecule has 22 heavy (non-hydrogen) atoms. The number of rotatable bonds is 7. The summed E-state index contributed by atoms with van der Waals surface area (Å²) in [6.07, 6.45) is 0. The van der Waals surface area contributed by atoms with E-state index in [0.29, 0.717) is 12.5 Å². The van der Waals surface area contributed by atoms with Crippen LogP contribution in [0, 0.1) is 12.8 Å². The van der Waals surface area contributed by atoms with Gasteiger partial charge in [0.15, 0.2) is 0 Å². The van der Waals surface area contributed by atoms with Crippen LogP contribution in [0.4, 0.5) is 0 Å². The largest absolute Gasteiger partial charge is 0.495 e. The van der Waals surface area contributed by atoms with Crippen LogP contribution in [-0.4, -0.2) is 34.0 Å². The Bertz CT molecular complexity index is 626. The molecule has 0 aromatic heterocycles. The summed E-state index contributed by atoms with van der Waals surface area (Å²) in [5.41, 5.74) is 0.790. The van der Waals surface area contributed by atoms with Crippen molar-refractivity contribution in [3.8, 4) is 5.75 Å². The SMILES string of the molecule is COc1ccc(C)cc1S(=O)(=O)N[C@@H](C)C(=O)NCC(C)C. The number of methoxy groups -OCH3 is 1. The molecule has 0 aliphatic heterocycles. The molecule has 0 heterocycles. The number of benzene rings is 1. The highest BCUT2D eigenvalue weighted by Crippen LogP contribution is 2.24. The minimum atomic E-state index is -3.84. The summed E-state index contributed by atoms with van der Waals surface area (Å²) in [5.74, 6) is 0.182. The number of ether oxygens (including phenoxy) is 1. The van der Waals surface area contributed by atoms with Crippen LogP contribution in [0.5, 0.6) is 5.75 Å². The van der Waals surface area contributed by atoms with Crippen LogP contribution in [0.25, 0.3) is 0 Å². The maximum absolute atomic E-state index is 12.4. The van der Waals surface area contributed by atoms with E-state index in [1.807, 2.05) is 13.8 Å². The van der Waals surface area contributed by atoms with Crippen LogP contribution < -0.4 is 14.8 Å². The lowest BCUT2D eigenvalue weighted by Crippen LogP contribution is -2.45. The first-order chi connectivity index (χ1) is 10.2. The Morgan fingerprint density at radius 3 is 2.45 bits per heavy atom. The van der Waals surface area contributed by atoms with Gasteiger partial charge in [0.25, 0.3) is 0 Å². The number of hydrogen-bond acceptors (Lipinski definition) is 4. The topological polar surface area (TPSA) is 84.5 Å². The number of carbonyl (C=O) groups excluding carboxylic acids is 1. The van der Waals surface area contributed by atoms with Gasteiger partial charge in [-0.25, -0.2) is 8.42 Å². The van der Waals surface area contributed by atoms with Crippen molar-refractivity contribution in [3.05, 3.63) is 23.8 Å². The molecule has 0 saturated carbocycles. The highest BCUT2D eigenvalue weighted by atomic mass is 32.2. The number of aryl methyl sites for hydroxylation is 1. The zero-order chi connectivity index (χ0) is 16.9. The van der Waals surface area contributed by atoms with Gasteiger partial charge in [0.2, 0.25) is 15.9 Å². The van der Waals surface area contributed by atoms with Crippen molar-refractivity contribution in [3.63, 3.8) is 0 Å². The van der Waals surface area contributed by atoms with Gasteiger partial charge in [0, 0.05) is 6.54 Å². The zero-order valence-corrected chi connectivity index (χ0v) is 14.5. The predicted octanol–water partition coefficient (Wildman–Crippen LogP) is 1.44. The van der Waals surface area contributed by atoms with Crippen LogP contribution in [0.2, 0.25) is 0 Å². The second kappa shape index (κ2) is 7.60. The third kappa shape index (κ3) is 4.99. The van der Waals surface area contributed by atoms with Gasteiger partial charge in [-0.3, -0.25) is 4.79 Å². The normalized spacial score (nSPS) is 13.0. The molecule has 1 aromatic rings. The number of carbonyl (C=O) groups is 1. The van der Waals surface area contributed by atoms with Gasteiger partial charge in [-0.05, 0) is 37.5 Å². The molecular weight excluding hydrogens is 304 g/mol. The first-order valence-corrected chi connectivity index (χ1v) is 8.60. The Morgan fingerprint density at radius 2 is 1.91 bits per heavy atom. The van der Waals surface area contributed by atoms with Crippen molar-refractivity contribution in [1.82, 2.24) is 10.0 Å². The lowest BCUT2D eigenvalue weighted by molar-refractivity contribution is -0.122. The van der Waals surface area contributed by atoms with Crippen LogP contribution in [0.15, 0.2) is 23.1 Å². The summed E-state index contributed by atoms with van der Waals surface area (Å²) < 4.78 is 32.4. The first-order valence-electron chi connectivity index (χ1n) is 7.12. The van der Waals surface area contributed by atoms with Crippen LogP contribution in [0.1, 0.15) is 26.3 Å². The molecule has 2 N–H and O–H groups in total. The predicted molar refractivity (Wildman–Crippen MR) is 85.4 cm³/mol. The van der Waals surface area contributed by atoms with E-state index in [1.54, 1.807) is 19.1 Å². The number of hydrogen-bond donors (Lipinski definition) is 2. The highest BCUT2D eigenvalue weighted by Gasteiger charge is 2.25. The summed E-state index contributed by atoms with van der Waals surface area (Å²) in [6.45, 7) is 7.73. The molecule has 7 heteroatoms. The van der Waals surface area contributed by atoms with E-state index < -0.39 is 16.1 Å². The fourth-order valence-electron chi connectivity index (χ4n) is 1.80. The quantitative estimate of drug-likeness (QED) is 0.793. The molecule has 0 aliphatic carbocycles. The summed E-state index contributed by atoms with van der Waals surface area (Å²) in [7, 11) is -2.44. The van der Waals surface area contributed by atoms with Crippen molar-refractivity contribution in [1.29, 1.82) is 0 Å². The fraction of sp³-hybridized carbons (Fsp3) is 0.533. The lowest BCUT2D eigenvalue weighted by atomic mass is 10.2. The molecule has 6 nitrogen and oxygen atoms in total. The molecule has 0 radical (unpaired) electrons. The standard InChI is InChI=1S/C15H24N2O4S/c1-10(2)9-16-15(18)12(4)17-22(19,20)14-8-11(3)6-7-13(14)21-5/h6-8,10,12,17H,9H2,1-5H3,(H,16,18)/t12-/m0/s1. The Morgan fingerprint density at radius 1 is 1.27 bits per heavy atom. The summed E-state index contributed by atoms with van der Waals surface area (Å²) in [4.78, 5) is 11.9. The first kappa shape index (κ1) is 18.4. The van der Waals surface area contributed by atoms with Crippen molar-refractivity contribution in [2.24, 2.45) is 5.92 Å². The van der Waals surface area contributed by atoms with Gasteiger partial charge < -0.3 is 10.1 Å². The van der Waals surface area contributed by atoms with E-state index >= 15 is 0 Å². The van der Waals surface area contributed by atoms with E-state index in [2.05, 4.69) is 10.0 Å². The molecule has 0 unspecified atom stereocenters. The Hall–Kier alpha value is -1.60. The van der Waals surface area contributed by atoms with Crippen LogP contribution in [0.3, 0.4) is 0 Å². The zero-order valence-electron chi connectivity index (χ0n) is 13.6. The molecule has 0 aliphatic rings. The van der Waals surface area contributed by atoms with Crippen LogP contribution in [-0.2, 0) is 14.8 Å². The maximum atomic E-state index is 12.4. The average Bonchev–Trinajstić information content (AvgIpc) is 2.44. The van der Waals surface area contributed by atoms with Crippen molar-refractivity contribution >= 4 is 15.9 Å². The number of amides is 1.